The second-order valence-electron chi connectivity index (χ2n) is 8.67. The number of rotatable bonds is 4. The van der Waals surface area contributed by atoms with E-state index in [9.17, 15) is 0 Å². The van der Waals surface area contributed by atoms with Crippen molar-refractivity contribution in [3.8, 4) is 0 Å². The van der Waals surface area contributed by atoms with Gasteiger partial charge in [0.15, 0.2) is 0 Å². The molecule has 4 aliphatic rings. The molecular weight excluding hydrogens is 276 g/mol. The molecule has 0 N–H and O–H groups in total. The van der Waals surface area contributed by atoms with Gasteiger partial charge >= 0.3 is 0 Å². The van der Waals surface area contributed by atoms with Gasteiger partial charge in [-0.25, -0.2) is 0 Å². The van der Waals surface area contributed by atoms with Gasteiger partial charge in [0.05, 0.1) is 32.0 Å². The lowest BCUT2D eigenvalue weighted by Crippen LogP contribution is -2.64. The van der Waals surface area contributed by atoms with Gasteiger partial charge in [0.1, 0.15) is 0 Å². The van der Waals surface area contributed by atoms with Crippen molar-refractivity contribution in [3.63, 3.8) is 0 Å². The molecule has 22 heavy (non-hydrogen) atoms. The maximum atomic E-state index is 5.93. The van der Waals surface area contributed by atoms with Crippen LogP contribution in [0.25, 0.3) is 0 Å². The maximum Gasteiger partial charge on any atom is 0.0681 e. The van der Waals surface area contributed by atoms with Crippen molar-refractivity contribution in [2.45, 2.75) is 57.7 Å². The monoisotopic (exact) mass is 308 g/mol. The molecule has 4 fully saturated rings. The SMILES string of the molecule is CC(C)N1CC2(COCC2CC(C)N2CCCC23COC3)C1. The molecule has 0 aromatic heterocycles. The van der Waals surface area contributed by atoms with E-state index < -0.39 is 0 Å². The lowest BCUT2D eigenvalue weighted by atomic mass is 9.69. The highest BCUT2D eigenvalue weighted by atomic mass is 16.5. The fraction of sp³-hybridized carbons (Fsp3) is 1.00. The van der Waals surface area contributed by atoms with Crippen LogP contribution in [0, 0.1) is 11.3 Å². The van der Waals surface area contributed by atoms with Gasteiger partial charge in [-0.3, -0.25) is 9.80 Å². The molecular formula is C18H32N2O2. The summed E-state index contributed by atoms with van der Waals surface area (Å²) in [5.41, 5.74) is 0.858. The van der Waals surface area contributed by atoms with Crippen LogP contribution in [0.5, 0.6) is 0 Å². The van der Waals surface area contributed by atoms with Gasteiger partial charge in [-0.05, 0) is 52.5 Å². The average Bonchev–Trinajstić information content (AvgIpc) is 2.99. The van der Waals surface area contributed by atoms with Crippen LogP contribution in [0.3, 0.4) is 0 Å². The maximum absolute atomic E-state index is 5.93. The van der Waals surface area contributed by atoms with E-state index in [1.807, 2.05) is 0 Å². The van der Waals surface area contributed by atoms with Gasteiger partial charge in [0, 0.05) is 30.6 Å². The van der Waals surface area contributed by atoms with Crippen molar-refractivity contribution in [3.05, 3.63) is 0 Å². The summed E-state index contributed by atoms with van der Waals surface area (Å²) in [6.07, 6.45) is 3.99. The summed E-state index contributed by atoms with van der Waals surface area (Å²) in [4.78, 5) is 5.37. The smallest absolute Gasteiger partial charge is 0.0681 e. The Balaban J connectivity index is 1.38. The van der Waals surface area contributed by atoms with Crippen LogP contribution in [0.15, 0.2) is 0 Å². The molecule has 0 radical (unpaired) electrons. The molecule has 4 heterocycles. The van der Waals surface area contributed by atoms with Crippen molar-refractivity contribution < 1.29 is 9.47 Å². The molecule has 0 amide bonds. The van der Waals surface area contributed by atoms with Crippen LogP contribution >= 0.6 is 0 Å². The number of hydrogen-bond donors (Lipinski definition) is 0. The largest absolute Gasteiger partial charge is 0.380 e. The first-order chi connectivity index (χ1) is 10.5. The fourth-order valence-electron chi connectivity index (χ4n) is 5.33. The highest BCUT2D eigenvalue weighted by Crippen LogP contribution is 2.47. The van der Waals surface area contributed by atoms with Gasteiger partial charge in [0.25, 0.3) is 0 Å². The molecule has 2 atom stereocenters. The molecule has 4 rings (SSSR count). The van der Waals surface area contributed by atoms with Crippen LogP contribution in [-0.4, -0.2) is 73.5 Å². The third-order valence-electron chi connectivity index (χ3n) is 6.89. The quantitative estimate of drug-likeness (QED) is 0.793. The Morgan fingerprint density at radius 1 is 1.09 bits per heavy atom. The summed E-state index contributed by atoms with van der Waals surface area (Å²) < 4.78 is 11.5. The molecule has 126 valence electrons. The van der Waals surface area contributed by atoms with E-state index in [0.717, 1.165) is 32.3 Å². The Labute approximate surface area is 135 Å². The summed E-state index contributed by atoms with van der Waals surface area (Å²) in [5.74, 6) is 0.746. The summed E-state index contributed by atoms with van der Waals surface area (Å²) >= 11 is 0. The van der Waals surface area contributed by atoms with Crippen LogP contribution in [0.4, 0.5) is 0 Å². The van der Waals surface area contributed by atoms with E-state index in [4.69, 9.17) is 9.47 Å². The first-order valence-electron chi connectivity index (χ1n) is 9.21. The Morgan fingerprint density at radius 3 is 2.50 bits per heavy atom. The van der Waals surface area contributed by atoms with Gasteiger partial charge in [-0.1, -0.05) is 0 Å². The highest BCUT2D eigenvalue weighted by Gasteiger charge is 2.54. The van der Waals surface area contributed by atoms with E-state index in [0.29, 0.717) is 23.0 Å². The van der Waals surface area contributed by atoms with Crippen LogP contribution in [0.1, 0.15) is 40.0 Å². The summed E-state index contributed by atoms with van der Waals surface area (Å²) in [6.45, 7) is 14.7. The molecule has 4 saturated heterocycles. The lowest BCUT2D eigenvalue weighted by molar-refractivity contribution is -0.137. The molecule has 0 aromatic rings. The van der Waals surface area contributed by atoms with Gasteiger partial charge in [-0.2, -0.15) is 0 Å². The first-order valence-corrected chi connectivity index (χ1v) is 9.21. The molecule has 0 aromatic carbocycles. The second kappa shape index (κ2) is 5.44. The van der Waals surface area contributed by atoms with Crippen LogP contribution in [0.2, 0.25) is 0 Å². The first kappa shape index (κ1) is 15.4. The van der Waals surface area contributed by atoms with Crippen molar-refractivity contribution >= 4 is 0 Å². The summed E-state index contributed by atoms with van der Waals surface area (Å²) in [5, 5.41) is 0. The normalized spacial score (nSPS) is 35.2. The minimum Gasteiger partial charge on any atom is -0.380 e. The third kappa shape index (κ3) is 2.26. The minimum atomic E-state index is 0.398. The molecule has 0 bridgehead atoms. The molecule has 2 unspecified atom stereocenters. The zero-order valence-electron chi connectivity index (χ0n) is 14.5. The number of likely N-dealkylation sites (tertiary alicyclic amines) is 2. The predicted molar refractivity (Wildman–Crippen MR) is 87.0 cm³/mol. The van der Waals surface area contributed by atoms with Crippen LogP contribution < -0.4 is 0 Å². The standard InChI is InChI=1S/C18H32N2O2/c1-14(2)19-9-17(10-19)11-21-8-16(17)7-15(3)20-6-4-5-18(20)12-22-13-18/h14-16H,4-13H2,1-3H3. The second-order valence-corrected chi connectivity index (χ2v) is 8.67. The van der Waals surface area contributed by atoms with Crippen molar-refractivity contribution in [2.75, 3.05) is 46.1 Å². The third-order valence-corrected chi connectivity index (χ3v) is 6.89. The van der Waals surface area contributed by atoms with E-state index in [-0.39, 0.29) is 0 Å². The number of hydrogen-bond acceptors (Lipinski definition) is 4. The fourth-order valence-corrected chi connectivity index (χ4v) is 5.33. The van der Waals surface area contributed by atoms with Gasteiger partial charge < -0.3 is 9.47 Å². The lowest BCUT2D eigenvalue weighted by Gasteiger charge is -2.54. The molecule has 0 aliphatic carbocycles. The molecule has 4 aliphatic heterocycles. The summed E-state index contributed by atoms with van der Waals surface area (Å²) in [6, 6.07) is 1.35. The predicted octanol–water partition coefficient (Wildman–Crippen LogP) is 1.99. The zero-order valence-corrected chi connectivity index (χ0v) is 14.5. The Bertz CT molecular complexity index is 415. The Morgan fingerprint density at radius 2 is 1.86 bits per heavy atom. The van der Waals surface area contributed by atoms with E-state index >= 15 is 0 Å². The van der Waals surface area contributed by atoms with E-state index in [1.54, 1.807) is 0 Å². The molecule has 4 nitrogen and oxygen atoms in total. The summed E-state index contributed by atoms with van der Waals surface area (Å²) in [7, 11) is 0. The number of ether oxygens (including phenoxy) is 2. The van der Waals surface area contributed by atoms with Gasteiger partial charge in [-0.15, -0.1) is 0 Å². The number of nitrogens with zero attached hydrogens (tertiary/aromatic N) is 2. The topological polar surface area (TPSA) is 24.9 Å². The Kier molecular flexibility index (Phi) is 3.80. The average molecular weight is 308 g/mol. The van der Waals surface area contributed by atoms with Gasteiger partial charge in [0.2, 0.25) is 0 Å². The van der Waals surface area contributed by atoms with Crippen molar-refractivity contribution in [1.82, 2.24) is 9.80 Å². The van der Waals surface area contributed by atoms with Crippen molar-refractivity contribution in [1.29, 1.82) is 0 Å². The van der Waals surface area contributed by atoms with E-state index in [2.05, 4.69) is 30.6 Å². The molecule has 4 heteroatoms. The highest BCUT2D eigenvalue weighted by molar-refractivity contribution is 5.06. The van der Waals surface area contributed by atoms with Crippen LogP contribution in [-0.2, 0) is 9.47 Å². The Hall–Kier alpha value is -0.160. The zero-order chi connectivity index (χ0) is 15.4. The molecule has 2 spiro atoms. The van der Waals surface area contributed by atoms with Crippen molar-refractivity contribution in [2.24, 2.45) is 11.3 Å². The minimum absolute atomic E-state index is 0.398. The molecule has 0 saturated carbocycles. The van der Waals surface area contributed by atoms with E-state index in [1.165, 1.54) is 38.9 Å².